The highest BCUT2D eigenvalue weighted by atomic mass is 16.3. The number of likely N-dealkylation sites (tertiary alicyclic amines) is 1. The average molecular weight is 244 g/mol. The molecule has 2 aromatic rings. The number of pyridine rings is 1. The highest BCUT2D eigenvalue weighted by Gasteiger charge is 2.20. The molecule has 1 aliphatic heterocycles. The summed E-state index contributed by atoms with van der Waals surface area (Å²) < 4.78 is 0. The molecule has 3 rings (SSSR count). The van der Waals surface area contributed by atoms with Crippen molar-refractivity contribution in [1.29, 1.82) is 0 Å². The van der Waals surface area contributed by atoms with Crippen molar-refractivity contribution in [1.82, 2.24) is 9.88 Å². The van der Waals surface area contributed by atoms with Crippen molar-refractivity contribution in [3.05, 3.63) is 46.2 Å². The molecule has 0 saturated carbocycles. The Morgan fingerprint density at radius 3 is 3.00 bits per heavy atom. The second-order valence-electron chi connectivity index (χ2n) is 4.89. The van der Waals surface area contributed by atoms with E-state index in [0.29, 0.717) is 13.1 Å². The van der Waals surface area contributed by atoms with Crippen LogP contribution in [0.1, 0.15) is 12.0 Å². The van der Waals surface area contributed by atoms with Gasteiger partial charge in [0.1, 0.15) is 0 Å². The van der Waals surface area contributed by atoms with Crippen molar-refractivity contribution in [3.63, 3.8) is 0 Å². The molecule has 1 atom stereocenters. The Morgan fingerprint density at radius 1 is 1.39 bits per heavy atom. The monoisotopic (exact) mass is 244 g/mol. The van der Waals surface area contributed by atoms with Gasteiger partial charge < -0.3 is 10.1 Å². The lowest BCUT2D eigenvalue weighted by molar-refractivity contribution is 0.174. The number of aromatic amines is 1. The molecule has 0 unspecified atom stereocenters. The Bertz CT molecular complexity index is 620. The second-order valence-corrected chi connectivity index (χ2v) is 4.89. The van der Waals surface area contributed by atoms with E-state index < -0.39 is 0 Å². The maximum atomic E-state index is 12.0. The summed E-state index contributed by atoms with van der Waals surface area (Å²) in [4.78, 5) is 17.0. The van der Waals surface area contributed by atoms with Crippen molar-refractivity contribution < 1.29 is 5.11 Å². The van der Waals surface area contributed by atoms with Crippen molar-refractivity contribution in [2.24, 2.45) is 0 Å². The van der Waals surface area contributed by atoms with Gasteiger partial charge in [0.2, 0.25) is 0 Å². The van der Waals surface area contributed by atoms with E-state index in [1.165, 1.54) is 0 Å². The van der Waals surface area contributed by atoms with E-state index in [4.69, 9.17) is 0 Å². The molecule has 0 radical (unpaired) electrons. The number of hydrogen-bond acceptors (Lipinski definition) is 3. The zero-order chi connectivity index (χ0) is 12.5. The predicted octanol–water partition coefficient (Wildman–Crippen LogP) is 1.09. The minimum atomic E-state index is -0.246. The zero-order valence-electron chi connectivity index (χ0n) is 10.1. The average Bonchev–Trinajstić information content (AvgIpc) is 2.76. The topological polar surface area (TPSA) is 56.3 Å². The SMILES string of the molecule is O=c1[nH]c2ccccc2cc1CN1CC[C@H](O)C1. The molecule has 1 aromatic carbocycles. The number of aromatic nitrogens is 1. The van der Waals surface area contributed by atoms with Gasteiger partial charge in [0.05, 0.1) is 6.10 Å². The summed E-state index contributed by atoms with van der Waals surface area (Å²) in [6.45, 7) is 2.12. The van der Waals surface area contributed by atoms with Crippen LogP contribution < -0.4 is 5.56 Å². The molecule has 2 heterocycles. The van der Waals surface area contributed by atoms with Crippen molar-refractivity contribution >= 4 is 10.9 Å². The summed E-state index contributed by atoms with van der Waals surface area (Å²) in [5.74, 6) is 0. The van der Waals surface area contributed by atoms with Crippen LogP contribution in [0.4, 0.5) is 0 Å². The molecule has 94 valence electrons. The summed E-state index contributed by atoms with van der Waals surface area (Å²) in [6.07, 6.45) is 0.551. The first-order chi connectivity index (χ1) is 8.72. The van der Waals surface area contributed by atoms with Gasteiger partial charge in [-0.1, -0.05) is 18.2 Å². The standard InChI is InChI=1S/C14H16N2O2/c17-12-5-6-16(9-12)8-11-7-10-3-1-2-4-13(10)15-14(11)18/h1-4,7,12,17H,5-6,8-9H2,(H,15,18)/t12-/m0/s1. The third-order valence-corrected chi connectivity index (χ3v) is 3.47. The van der Waals surface area contributed by atoms with E-state index in [2.05, 4.69) is 9.88 Å². The quantitative estimate of drug-likeness (QED) is 0.831. The fraction of sp³-hybridized carbons (Fsp3) is 0.357. The summed E-state index contributed by atoms with van der Waals surface area (Å²) in [5.41, 5.74) is 1.60. The van der Waals surface area contributed by atoms with Crippen LogP contribution in [0.5, 0.6) is 0 Å². The van der Waals surface area contributed by atoms with Crippen LogP contribution in [-0.2, 0) is 6.54 Å². The molecule has 18 heavy (non-hydrogen) atoms. The highest BCUT2D eigenvalue weighted by Crippen LogP contribution is 2.14. The smallest absolute Gasteiger partial charge is 0.252 e. The third kappa shape index (κ3) is 2.17. The van der Waals surface area contributed by atoms with Crippen LogP contribution in [-0.4, -0.2) is 34.2 Å². The minimum Gasteiger partial charge on any atom is -0.392 e. The van der Waals surface area contributed by atoms with Gasteiger partial charge in [0, 0.05) is 30.7 Å². The first-order valence-electron chi connectivity index (χ1n) is 6.24. The lowest BCUT2D eigenvalue weighted by Gasteiger charge is -2.14. The first kappa shape index (κ1) is 11.4. The molecular weight excluding hydrogens is 228 g/mol. The van der Waals surface area contributed by atoms with Gasteiger partial charge in [-0.05, 0) is 23.9 Å². The second kappa shape index (κ2) is 4.55. The molecular formula is C14H16N2O2. The van der Waals surface area contributed by atoms with Gasteiger partial charge >= 0.3 is 0 Å². The van der Waals surface area contributed by atoms with Crippen LogP contribution in [0, 0.1) is 0 Å². The number of nitrogens with zero attached hydrogens (tertiary/aromatic N) is 1. The largest absolute Gasteiger partial charge is 0.392 e. The number of hydrogen-bond donors (Lipinski definition) is 2. The summed E-state index contributed by atoms with van der Waals surface area (Å²) in [5, 5.41) is 10.5. The lowest BCUT2D eigenvalue weighted by atomic mass is 10.1. The molecule has 1 saturated heterocycles. The van der Waals surface area contributed by atoms with Crippen molar-refractivity contribution in [2.75, 3.05) is 13.1 Å². The number of rotatable bonds is 2. The van der Waals surface area contributed by atoms with Crippen LogP contribution in [0.2, 0.25) is 0 Å². The fourth-order valence-electron chi connectivity index (χ4n) is 2.51. The Hall–Kier alpha value is -1.65. The molecule has 0 amide bonds. The van der Waals surface area contributed by atoms with Gasteiger partial charge in [-0.3, -0.25) is 9.69 Å². The van der Waals surface area contributed by atoms with Crippen LogP contribution in [0.25, 0.3) is 10.9 Å². The predicted molar refractivity (Wildman–Crippen MR) is 70.5 cm³/mol. The van der Waals surface area contributed by atoms with Gasteiger partial charge in [0.15, 0.2) is 0 Å². The number of fused-ring (bicyclic) bond motifs is 1. The van der Waals surface area contributed by atoms with E-state index in [0.717, 1.165) is 29.4 Å². The first-order valence-corrected chi connectivity index (χ1v) is 6.24. The molecule has 2 N–H and O–H groups in total. The summed E-state index contributed by atoms with van der Waals surface area (Å²) in [6, 6.07) is 9.71. The molecule has 4 nitrogen and oxygen atoms in total. The number of H-pyrrole nitrogens is 1. The van der Waals surface area contributed by atoms with Crippen LogP contribution in [0.15, 0.2) is 35.1 Å². The van der Waals surface area contributed by atoms with Crippen LogP contribution in [0.3, 0.4) is 0 Å². The van der Waals surface area contributed by atoms with E-state index in [1.807, 2.05) is 30.3 Å². The number of aliphatic hydroxyl groups excluding tert-OH is 1. The Labute approximate surface area is 105 Å². The number of nitrogens with one attached hydrogen (secondary N) is 1. The zero-order valence-corrected chi connectivity index (χ0v) is 10.1. The van der Waals surface area contributed by atoms with Gasteiger partial charge in [-0.15, -0.1) is 0 Å². The maximum Gasteiger partial charge on any atom is 0.252 e. The Kier molecular flexibility index (Phi) is 2.89. The Morgan fingerprint density at radius 2 is 2.22 bits per heavy atom. The number of aliphatic hydroxyl groups is 1. The molecule has 0 aliphatic carbocycles. The van der Waals surface area contributed by atoms with Crippen LogP contribution >= 0.6 is 0 Å². The third-order valence-electron chi connectivity index (χ3n) is 3.47. The lowest BCUT2D eigenvalue weighted by Crippen LogP contribution is -2.25. The molecule has 1 fully saturated rings. The summed E-state index contributed by atoms with van der Waals surface area (Å²) >= 11 is 0. The fourth-order valence-corrected chi connectivity index (χ4v) is 2.51. The number of para-hydroxylation sites is 1. The molecule has 1 aromatic heterocycles. The Balaban J connectivity index is 1.92. The van der Waals surface area contributed by atoms with E-state index in [1.54, 1.807) is 0 Å². The maximum absolute atomic E-state index is 12.0. The number of benzene rings is 1. The van der Waals surface area contributed by atoms with Crippen molar-refractivity contribution in [3.8, 4) is 0 Å². The minimum absolute atomic E-state index is 0.0323. The van der Waals surface area contributed by atoms with E-state index >= 15 is 0 Å². The summed E-state index contributed by atoms with van der Waals surface area (Å²) in [7, 11) is 0. The van der Waals surface area contributed by atoms with Crippen molar-refractivity contribution in [2.45, 2.75) is 19.1 Å². The van der Waals surface area contributed by atoms with Gasteiger partial charge in [-0.25, -0.2) is 0 Å². The highest BCUT2D eigenvalue weighted by molar-refractivity contribution is 5.78. The van der Waals surface area contributed by atoms with E-state index in [9.17, 15) is 9.90 Å². The molecule has 0 spiro atoms. The number of β-amino-alcohol motifs (C(OH)–C–C–N with tert-alkyl or cyclic N) is 1. The molecule has 0 bridgehead atoms. The normalized spacial score (nSPS) is 20.6. The molecule has 4 heteroatoms. The molecule has 1 aliphatic rings. The van der Waals surface area contributed by atoms with Gasteiger partial charge in [0.25, 0.3) is 5.56 Å². The van der Waals surface area contributed by atoms with Gasteiger partial charge in [-0.2, -0.15) is 0 Å². The van der Waals surface area contributed by atoms with E-state index in [-0.39, 0.29) is 11.7 Å².